The quantitative estimate of drug-likeness (QED) is 0.264. The van der Waals surface area contributed by atoms with Gasteiger partial charge < -0.3 is 9.90 Å². The number of benzene rings is 2. The van der Waals surface area contributed by atoms with Gasteiger partial charge in [0, 0.05) is 11.8 Å². The van der Waals surface area contributed by atoms with E-state index in [4.69, 9.17) is 23.2 Å². The third-order valence-corrected chi connectivity index (χ3v) is 5.10. The Bertz CT molecular complexity index is 1290. The number of fused-ring (bicyclic) bond motifs is 1. The predicted octanol–water partition coefficient (Wildman–Crippen LogP) is 1.05. The van der Waals surface area contributed by atoms with Gasteiger partial charge >= 0.3 is 29.6 Å². The second kappa shape index (κ2) is 8.88. The van der Waals surface area contributed by atoms with Gasteiger partial charge in [-0.3, -0.25) is 9.20 Å². The van der Waals surface area contributed by atoms with Gasteiger partial charge in [0.25, 0.3) is 0 Å². The molecule has 5 nitrogen and oxygen atoms in total. The smallest absolute Gasteiger partial charge is 0.545 e. The molecule has 0 bridgehead atoms. The molecule has 0 N–H and O–H groups in total. The van der Waals surface area contributed by atoms with Crippen molar-refractivity contribution in [2.75, 3.05) is 0 Å². The molecule has 9 heteroatoms. The van der Waals surface area contributed by atoms with E-state index in [-0.39, 0.29) is 56.6 Å². The summed E-state index contributed by atoms with van der Waals surface area (Å²) in [7, 11) is 0. The Hall–Kier alpha value is -2.22. The Kier molecular flexibility index (Phi) is 6.65. The Labute approximate surface area is 202 Å². The first-order chi connectivity index (χ1) is 13.9. The molecule has 0 spiro atoms. The molecule has 2 aromatic carbocycles. The van der Waals surface area contributed by atoms with Gasteiger partial charge in [-0.25, -0.2) is 9.37 Å². The summed E-state index contributed by atoms with van der Waals surface area (Å²) in [4.78, 5) is 28.5. The van der Waals surface area contributed by atoms with Crippen LogP contribution < -0.4 is 34.7 Å². The van der Waals surface area contributed by atoms with Crippen molar-refractivity contribution in [3.63, 3.8) is 0 Å². The van der Waals surface area contributed by atoms with Gasteiger partial charge in [0.1, 0.15) is 5.82 Å². The summed E-state index contributed by atoms with van der Waals surface area (Å²) in [5.41, 5.74) is 1.48. The van der Waals surface area contributed by atoms with Gasteiger partial charge in [0.05, 0.1) is 32.8 Å². The second-order valence-corrected chi connectivity index (χ2v) is 6.94. The zero-order valence-corrected chi connectivity index (χ0v) is 19.0. The number of carbonyl (C=O) groups excluding carboxylic acids is 2. The number of ketones is 1. The molecule has 0 amide bonds. The molecule has 30 heavy (non-hydrogen) atoms. The molecule has 0 aliphatic rings. The summed E-state index contributed by atoms with van der Waals surface area (Å²) in [6.07, 6.45) is 1.63. The summed E-state index contributed by atoms with van der Waals surface area (Å²) in [5.74, 6) is -2.71. The van der Waals surface area contributed by atoms with Crippen LogP contribution in [0.4, 0.5) is 4.39 Å². The van der Waals surface area contributed by atoms with Crippen molar-refractivity contribution in [3.8, 4) is 11.3 Å². The number of halogens is 3. The molecule has 2 aromatic heterocycles. The van der Waals surface area contributed by atoms with Crippen LogP contribution in [0.25, 0.3) is 16.8 Å². The molecule has 0 aliphatic carbocycles. The average molecular weight is 451 g/mol. The first-order valence-corrected chi connectivity index (χ1v) is 9.11. The van der Waals surface area contributed by atoms with E-state index >= 15 is 0 Å². The minimum atomic E-state index is -1.29. The van der Waals surface area contributed by atoms with E-state index in [1.165, 1.54) is 18.2 Å². The summed E-state index contributed by atoms with van der Waals surface area (Å²) in [6.45, 7) is 0. The molecule has 144 valence electrons. The van der Waals surface area contributed by atoms with Crippen LogP contribution in [-0.2, 0) is 0 Å². The molecule has 0 aliphatic heterocycles. The molecular formula is C21H10Cl2FN2NaO3. The molecule has 0 unspecified atom stereocenters. The molecule has 2 heterocycles. The normalized spacial score (nSPS) is 10.6. The van der Waals surface area contributed by atoms with Crippen molar-refractivity contribution in [1.29, 1.82) is 0 Å². The van der Waals surface area contributed by atoms with Crippen molar-refractivity contribution < 1.29 is 48.6 Å². The number of hydrogen-bond donors (Lipinski definition) is 0. The predicted molar refractivity (Wildman–Crippen MR) is 105 cm³/mol. The van der Waals surface area contributed by atoms with Crippen LogP contribution >= 0.6 is 23.2 Å². The number of rotatable bonds is 4. The minimum Gasteiger partial charge on any atom is -0.545 e. The van der Waals surface area contributed by atoms with Gasteiger partial charge in [-0.1, -0.05) is 53.5 Å². The topological polar surface area (TPSA) is 74.5 Å². The van der Waals surface area contributed by atoms with Gasteiger partial charge in [-0.05, 0) is 29.8 Å². The van der Waals surface area contributed by atoms with Crippen LogP contribution in [0.3, 0.4) is 0 Å². The van der Waals surface area contributed by atoms with Crippen LogP contribution in [0.2, 0.25) is 10.0 Å². The van der Waals surface area contributed by atoms with Crippen LogP contribution in [0.1, 0.15) is 26.5 Å². The summed E-state index contributed by atoms with van der Waals surface area (Å²) in [6, 6.07) is 13.5. The van der Waals surface area contributed by atoms with Gasteiger partial charge in [-0.15, -0.1) is 0 Å². The Morgan fingerprint density at radius 1 is 1.00 bits per heavy atom. The van der Waals surface area contributed by atoms with Crippen LogP contribution in [0.5, 0.6) is 0 Å². The van der Waals surface area contributed by atoms with Gasteiger partial charge in [-0.2, -0.15) is 0 Å². The molecule has 0 atom stereocenters. The maximum atomic E-state index is 13.9. The largest absolute Gasteiger partial charge is 1.00 e. The maximum Gasteiger partial charge on any atom is 1.00 e. The van der Waals surface area contributed by atoms with Crippen molar-refractivity contribution >= 4 is 40.5 Å². The fraction of sp³-hybridized carbons (Fsp3) is 0. The molecule has 4 rings (SSSR count). The summed E-state index contributed by atoms with van der Waals surface area (Å²) >= 11 is 12.1. The van der Waals surface area contributed by atoms with Crippen molar-refractivity contribution in [2.45, 2.75) is 0 Å². The van der Waals surface area contributed by atoms with E-state index in [0.29, 0.717) is 16.8 Å². The van der Waals surface area contributed by atoms with E-state index in [9.17, 15) is 19.1 Å². The molecule has 0 fully saturated rings. The van der Waals surface area contributed by atoms with Gasteiger partial charge in [0.2, 0.25) is 5.78 Å². The monoisotopic (exact) mass is 450 g/mol. The molecular weight excluding hydrogens is 441 g/mol. The fourth-order valence-electron chi connectivity index (χ4n) is 3.02. The number of aromatic carboxylic acids is 1. The van der Waals surface area contributed by atoms with Crippen molar-refractivity contribution in [3.05, 3.63) is 93.6 Å². The molecule has 4 aromatic rings. The number of imidazole rings is 1. The average Bonchev–Trinajstić information content (AvgIpc) is 3.11. The minimum absolute atomic E-state index is 0. The summed E-state index contributed by atoms with van der Waals surface area (Å²) < 4.78 is 15.4. The molecule has 0 saturated heterocycles. The van der Waals surface area contributed by atoms with Crippen molar-refractivity contribution in [1.82, 2.24) is 9.38 Å². The van der Waals surface area contributed by atoms with Crippen LogP contribution in [0, 0.1) is 5.82 Å². The fourth-order valence-corrected chi connectivity index (χ4v) is 3.56. The van der Waals surface area contributed by atoms with E-state index in [1.807, 2.05) is 0 Å². The SMILES string of the molecule is O=C([O-])c1ccc(-c2nc(C(=O)c3c(Cl)ccc(F)c3Cl)n3ccccc23)cc1.[Na+]. The Balaban J connectivity index is 0.00000256. The number of hydrogen-bond acceptors (Lipinski definition) is 4. The van der Waals surface area contributed by atoms with E-state index in [1.54, 1.807) is 40.9 Å². The summed E-state index contributed by atoms with van der Waals surface area (Å²) in [5, 5.41) is 10.6. The number of carbonyl (C=O) groups is 2. The first-order valence-electron chi connectivity index (χ1n) is 8.35. The third kappa shape index (κ3) is 3.89. The number of pyridine rings is 1. The zero-order valence-electron chi connectivity index (χ0n) is 15.5. The number of aromatic nitrogens is 2. The third-order valence-electron chi connectivity index (χ3n) is 4.42. The standard InChI is InChI=1S/C21H11Cl2FN2O3.Na/c22-13-8-9-14(24)17(23)16(13)19(27)20-25-18(15-3-1-2-10-26(15)20)11-4-6-12(7-5-11)21(28)29;/h1-10H,(H,28,29);/q;+1/p-1. The zero-order chi connectivity index (χ0) is 20.7. The van der Waals surface area contributed by atoms with E-state index in [0.717, 1.165) is 6.07 Å². The number of carboxylic acids is 1. The number of carboxylic acid groups (broad SMARTS) is 1. The van der Waals surface area contributed by atoms with E-state index < -0.39 is 17.6 Å². The van der Waals surface area contributed by atoms with Crippen LogP contribution in [-0.4, -0.2) is 21.1 Å². The molecule has 0 saturated carbocycles. The molecule has 0 radical (unpaired) electrons. The van der Waals surface area contributed by atoms with Gasteiger partial charge in [0.15, 0.2) is 5.82 Å². The second-order valence-electron chi connectivity index (χ2n) is 6.15. The maximum absolute atomic E-state index is 13.9. The number of nitrogens with zero attached hydrogens (tertiary/aromatic N) is 2. The Morgan fingerprint density at radius 2 is 1.70 bits per heavy atom. The van der Waals surface area contributed by atoms with Crippen LogP contribution in [0.15, 0.2) is 60.8 Å². The Morgan fingerprint density at radius 3 is 2.37 bits per heavy atom. The van der Waals surface area contributed by atoms with Crippen molar-refractivity contribution in [2.24, 2.45) is 0 Å². The van der Waals surface area contributed by atoms with E-state index in [2.05, 4.69) is 4.98 Å². The first kappa shape index (κ1) is 22.5.